The monoisotopic (exact) mass is 403 g/mol. The highest BCUT2D eigenvalue weighted by molar-refractivity contribution is 9.10. The summed E-state index contributed by atoms with van der Waals surface area (Å²) in [5.74, 6) is 0. The van der Waals surface area contributed by atoms with E-state index in [1.54, 1.807) is 0 Å². The number of hydrogen-bond donors (Lipinski definition) is 2. The Hall–Kier alpha value is -1.25. The number of aromatic amines is 2. The van der Waals surface area contributed by atoms with Crippen LogP contribution >= 0.6 is 44.2 Å². The molecule has 98 valence electrons. The third-order valence-corrected chi connectivity index (χ3v) is 4.02. The summed E-state index contributed by atoms with van der Waals surface area (Å²) in [5.41, 5.74) is 0.279. The highest BCUT2D eigenvalue weighted by atomic mass is 79.9. The summed E-state index contributed by atoms with van der Waals surface area (Å²) in [6, 6.07) is 7.59. The molecule has 8 heteroatoms. The average molecular weight is 405 g/mol. The summed E-state index contributed by atoms with van der Waals surface area (Å²) in [4.78, 5) is 31.7. The summed E-state index contributed by atoms with van der Waals surface area (Å²) >= 11 is 4.61. The summed E-state index contributed by atoms with van der Waals surface area (Å²) in [6.45, 7) is 0. The predicted molar refractivity (Wildman–Crippen MR) is 84.3 cm³/mol. The van der Waals surface area contributed by atoms with E-state index >= 15 is 0 Å². The van der Waals surface area contributed by atoms with Crippen molar-refractivity contribution in [2.75, 3.05) is 0 Å². The Kier molecular flexibility index (Phi) is 4.02. The topological polar surface area (TPSA) is 78.6 Å². The number of rotatable bonds is 1. The number of halogens is 2. The van der Waals surface area contributed by atoms with E-state index in [9.17, 15) is 9.59 Å². The lowest BCUT2D eigenvalue weighted by Crippen LogP contribution is -2.20. The largest absolute Gasteiger partial charge is 0.327 e. The molecule has 0 atom stereocenters. The normalized spacial score (nSPS) is 10.4. The van der Waals surface area contributed by atoms with Crippen molar-refractivity contribution in [3.63, 3.8) is 0 Å². The molecule has 0 aliphatic heterocycles. The molecule has 19 heavy (non-hydrogen) atoms. The molecule has 0 radical (unpaired) electrons. The van der Waals surface area contributed by atoms with Crippen LogP contribution in [0.3, 0.4) is 0 Å². The molecule has 2 aromatic heterocycles. The lowest BCUT2D eigenvalue weighted by Gasteiger charge is -1.94. The first-order chi connectivity index (χ1) is 8.63. The second-order valence-electron chi connectivity index (χ2n) is 3.61. The van der Waals surface area contributed by atoms with Gasteiger partial charge in [-0.1, -0.05) is 28.1 Å². The number of H-pyrrole nitrogens is 2. The smallest absolute Gasteiger partial charge is 0.291 e. The molecular weight excluding hydrogens is 398 g/mol. The van der Waals surface area contributed by atoms with Gasteiger partial charge >= 0.3 is 5.69 Å². The first kappa shape index (κ1) is 14.2. The summed E-state index contributed by atoms with van der Waals surface area (Å²) in [7, 11) is 0. The van der Waals surface area contributed by atoms with Gasteiger partial charge in [0.2, 0.25) is 0 Å². The number of fused-ring (bicyclic) bond motifs is 1. The molecule has 2 N–H and O–H groups in total. The molecule has 0 aliphatic rings. The third-order valence-electron chi connectivity index (χ3n) is 2.38. The van der Waals surface area contributed by atoms with Crippen molar-refractivity contribution in [3.05, 3.63) is 49.6 Å². The van der Waals surface area contributed by atoms with E-state index in [-0.39, 0.29) is 17.0 Å². The van der Waals surface area contributed by atoms with Crippen molar-refractivity contribution in [1.82, 2.24) is 15.0 Å². The molecule has 0 fully saturated rings. The molecule has 1 aromatic carbocycles. The summed E-state index contributed by atoms with van der Waals surface area (Å²) in [5, 5.41) is 0.699. The highest BCUT2D eigenvalue weighted by Crippen LogP contribution is 2.27. The van der Waals surface area contributed by atoms with E-state index in [2.05, 4.69) is 30.9 Å². The van der Waals surface area contributed by atoms with Gasteiger partial charge in [-0.2, -0.15) is 0 Å². The van der Waals surface area contributed by atoms with Crippen LogP contribution in [-0.4, -0.2) is 15.0 Å². The minimum absolute atomic E-state index is 0. The van der Waals surface area contributed by atoms with Gasteiger partial charge in [-0.15, -0.1) is 28.3 Å². The Morgan fingerprint density at radius 2 is 1.79 bits per heavy atom. The molecule has 0 amide bonds. The van der Waals surface area contributed by atoms with Gasteiger partial charge in [0.05, 0.1) is 0 Å². The van der Waals surface area contributed by atoms with Gasteiger partial charge in [-0.05, 0) is 12.1 Å². The van der Waals surface area contributed by atoms with E-state index in [1.807, 2.05) is 24.3 Å². The Balaban J connectivity index is 0.00000133. The van der Waals surface area contributed by atoms with Gasteiger partial charge in [0.15, 0.2) is 5.65 Å². The first-order valence-electron chi connectivity index (χ1n) is 5.02. The second kappa shape index (κ2) is 5.40. The van der Waals surface area contributed by atoms with Crippen molar-refractivity contribution in [3.8, 4) is 10.6 Å². The number of aromatic nitrogens is 3. The van der Waals surface area contributed by atoms with Crippen LogP contribution < -0.4 is 11.2 Å². The van der Waals surface area contributed by atoms with E-state index in [0.717, 1.165) is 10.0 Å². The fourth-order valence-corrected chi connectivity index (χ4v) is 2.76. The van der Waals surface area contributed by atoms with Crippen molar-refractivity contribution in [2.24, 2.45) is 0 Å². The third kappa shape index (κ3) is 2.70. The van der Waals surface area contributed by atoms with E-state index in [4.69, 9.17) is 0 Å². The Morgan fingerprint density at radius 3 is 2.47 bits per heavy atom. The first-order valence-corrected chi connectivity index (χ1v) is 6.63. The molecular formula is C11H7Br2N3O2S. The number of nitrogens with one attached hydrogen (secondary N) is 2. The van der Waals surface area contributed by atoms with Crippen LogP contribution in [0.5, 0.6) is 0 Å². The zero-order chi connectivity index (χ0) is 12.7. The van der Waals surface area contributed by atoms with Crippen LogP contribution in [0.15, 0.2) is 38.3 Å². The molecule has 0 saturated heterocycles. The maximum absolute atomic E-state index is 11.6. The van der Waals surface area contributed by atoms with E-state index < -0.39 is 11.2 Å². The van der Waals surface area contributed by atoms with Crippen LogP contribution in [0.1, 0.15) is 0 Å². The summed E-state index contributed by atoms with van der Waals surface area (Å²) in [6.07, 6.45) is 0. The number of nitrogens with zero attached hydrogens (tertiary/aromatic N) is 1. The second-order valence-corrected chi connectivity index (χ2v) is 5.53. The minimum atomic E-state index is -0.542. The minimum Gasteiger partial charge on any atom is -0.291 e. The van der Waals surface area contributed by atoms with Gasteiger partial charge in [0.1, 0.15) is 9.71 Å². The lowest BCUT2D eigenvalue weighted by molar-refractivity contribution is 1.07. The average Bonchev–Trinajstić information content (AvgIpc) is 2.74. The highest BCUT2D eigenvalue weighted by Gasteiger charge is 2.09. The summed E-state index contributed by atoms with van der Waals surface area (Å²) < 4.78 is 1.39. The predicted octanol–water partition coefficient (Wildman–Crippen LogP) is 2.68. The Morgan fingerprint density at radius 1 is 1.11 bits per heavy atom. The molecule has 5 nitrogen and oxygen atoms in total. The lowest BCUT2D eigenvalue weighted by atomic mass is 10.2. The Labute approximate surface area is 129 Å². The van der Waals surface area contributed by atoms with Crippen molar-refractivity contribution < 1.29 is 0 Å². The fraction of sp³-hybridized carbons (Fsp3) is 0. The zero-order valence-corrected chi connectivity index (χ0v) is 13.4. The van der Waals surface area contributed by atoms with Crippen LogP contribution in [0, 0.1) is 0 Å². The number of thiazole rings is 1. The van der Waals surface area contributed by atoms with Crippen molar-refractivity contribution in [2.45, 2.75) is 0 Å². The van der Waals surface area contributed by atoms with Gasteiger partial charge in [-0.25, -0.2) is 9.78 Å². The Bertz CT molecular complexity index is 836. The molecule has 0 bridgehead atoms. The number of benzene rings is 1. The van der Waals surface area contributed by atoms with Crippen molar-refractivity contribution >= 4 is 54.6 Å². The van der Waals surface area contributed by atoms with Crippen molar-refractivity contribution in [1.29, 1.82) is 0 Å². The maximum Gasteiger partial charge on any atom is 0.327 e. The SMILES string of the molecule is Br.O=c1[nH]c(=O)c2sc(-c3ccc(Br)cc3)nc2[nH]1. The molecule has 0 saturated carbocycles. The van der Waals surface area contributed by atoms with Gasteiger partial charge in [-0.3, -0.25) is 14.8 Å². The fourth-order valence-electron chi connectivity index (χ4n) is 1.57. The van der Waals surface area contributed by atoms with Crippen LogP contribution in [-0.2, 0) is 0 Å². The molecule has 2 heterocycles. The standard InChI is InChI=1S/C11H6BrN3O2S.BrH/c12-6-3-1-5(2-4-6)10-13-8-7(18-10)9(16)15-11(17)14-8;/h1-4H,(H2,14,15,16,17);1H. The van der Waals surface area contributed by atoms with Crippen LogP contribution in [0.4, 0.5) is 0 Å². The van der Waals surface area contributed by atoms with Crippen LogP contribution in [0.2, 0.25) is 0 Å². The maximum atomic E-state index is 11.6. The number of hydrogen-bond acceptors (Lipinski definition) is 4. The molecule has 0 spiro atoms. The van der Waals surface area contributed by atoms with E-state index in [1.165, 1.54) is 11.3 Å². The van der Waals surface area contributed by atoms with Gasteiger partial charge in [0, 0.05) is 10.0 Å². The van der Waals surface area contributed by atoms with Crippen LogP contribution in [0.25, 0.3) is 20.9 Å². The molecule has 3 aromatic rings. The molecule has 3 rings (SSSR count). The van der Waals surface area contributed by atoms with Gasteiger partial charge < -0.3 is 0 Å². The van der Waals surface area contributed by atoms with Gasteiger partial charge in [0.25, 0.3) is 5.56 Å². The molecule has 0 unspecified atom stereocenters. The molecule has 0 aliphatic carbocycles. The van der Waals surface area contributed by atoms with E-state index in [0.29, 0.717) is 15.4 Å². The quantitative estimate of drug-likeness (QED) is 0.654. The zero-order valence-electron chi connectivity index (χ0n) is 9.27.